The van der Waals surface area contributed by atoms with Crippen LogP contribution in [0.4, 0.5) is 0 Å². The summed E-state index contributed by atoms with van der Waals surface area (Å²) in [6.07, 6.45) is 4.67. The first-order valence-electron chi connectivity index (χ1n) is 6.61. The fourth-order valence-electron chi connectivity index (χ4n) is 2.95. The Bertz CT molecular complexity index is 441. The number of carbonyl (C=O) groups excluding carboxylic acids is 1. The van der Waals surface area contributed by atoms with Crippen molar-refractivity contribution < 1.29 is 14.1 Å². The molecule has 2 atom stereocenters. The predicted octanol–water partition coefficient (Wildman–Crippen LogP) is 1.77. The lowest BCUT2D eigenvalue weighted by molar-refractivity contribution is -0.0760. The number of carbonyl (C=O) groups is 1. The summed E-state index contributed by atoms with van der Waals surface area (Å²) in [4.78, 5) is 14.3. The van der Waals surface area contributed by atoms with Gasteiger partial charge in [-0.1, -0.05) is 18.0 Å². The van der Waals surface area contributed by atoms with Crippen LogP contribution in [-0.4, -0.2) is 41.3 Å². The van der Waals surface area contributed by atoms with Crippen LogP contribution in [0.15, 0.2) is 10.6 Å². The average molecular weight is 250 g/mol. The van der Waals surface area contributed by atoms with Gasteiger partial charge in [-0.05, 0) is 19.8 Å². The van der Waals surface area contributed by atoms with Crippen LogP contribution in [-0.2, 0) is 4.74 Å². The van der Waals surface area contributed by atoms with Crippen LogP contribution in [0, 0.1) is 6.92 Å². The average Bonchev–Trinajstić information content (AvgIpc) is 2.84. The van der Waals surface area contributed by atoms with Crippen molar-refractivity contribution >= 4 is 5.91 Å². The quantitative estimate of drug-likeness (QED) is 0.762. The van der Waals surface area contributed by atoms with E-state index >= 15 is 0 Å². The number of aryl methyl sites for hydroxylation is 1. The van der Waals surface area contributed by atoms with Crippen molar-refractivity contribution in [1.29, 1.82) is 0 Å². The zero-order valence-electron chi connectivity index (χ0n) is 10.6. The third-order valence-electron chi connectivity index (χ3n) is 3.83. The number of nitrogens with zero attached hydrogens (tertiary/aromatic N) is 2. The highest BCUT2D eigenvalue weighted by atomic mass is 16.5. The number of hydrogen-bond acceptors (Lipinski definition) is 4. The molecule has 1 aliphatic carbocycles. The molecule has 5 heteroatoms. The molecule has 1 saturated carbocycles. The highest BCUT2D eigenvalue weighted by Crippen LogP contribution is 2.29. The second-order valence-corrected chi connectivity index (χ2v) is 5.09. The molecule has 0 unspecified atom stereocenters. The summed E-state index contributed by atoms with van der Waals surface area (Å²) in [5.41, 5.74) is 0.742. The number of ether oxygens (including phenoxy) is 1. The van der Waals surface area contributed by atoms with Gasteiger partial charge in [0.2, 0.25) is 5.76 Å². The summed E-state index contributed by atoms with van der Waals surface area (Å²) >= 11 is 0. The molecule has 5 nitrogen and oxygen atoms in total. The van der Waals surface area contributed by atoms with E-state index in [0.29, 0.717) is 18.9 Å². The third-order valence-corrected chi connectivity index (χ3v) is 3.83. The number of morpholine rings is 1. The third kappa shape index (κ3) is 2.03. The van der Waals surface area contributed by atoms with E-state index in [1.807, 2.05) is 11.8 Å². The highest BCUT2D eigenvalue weighted by Gasteiger charge is 2.37. The Labute approximate surface area is 106 Å². The Morgan fingerprint density at radius 1 is 1.44 bits per heavy atom. The number of amides is 1. The zero-order valence-corrected chi connectivity index (χ0v) is 10.6. The molecule has 0 N–H and O–H groups in total. The van der Waals surface area contributed by atoms with E-state index in [4.69, 9.17) is 9.26 Å². The van der Waals surface area contributed by atoms with E-state index in [1.165, 1.54) is 12.8 Å². The van der Waals surface area contributed by atoms with Gasteiger partial charge in [0.05, 0.1) is 24.4 Å². The topological polar surface area (TPSA) is 55.6 Å². The van der Waals surface area contributed by atoms with Crippen LogP contribution in [0.25, 0.3) is 0 Å². The molecule has 1 aromatic heterocycles. The Morgan fingerprint density at radius 3 is 3.06 bits per heavy atom. The van der Waals surface area contributed by atoms with Gasteiger partial charge in [-0.3, -0.25) is 4.79 Å². The molecule has 1 amide bonds. The first kappa shape index (κ1) is 11.7. The van der Waals surface area contributed by atoms with Gasteiger partial charge in [-0.2, -0.15) is 0 Å². The lowest BCUT2D eigenvalue weighted by Crippen LogP contribution is -2.54. The van der Waals surface area contributed by atoms with E-state index in [1.54, 1.807) is 6.07 Å². The highest BCUT2D eigenvalue weighted by molar-refractivity contribution is 5.91. The van der Waals surface area contributed by atoms with Gasteiger partial charge in [0.15, 0.2) is 0 Å². The molecule has 0 spiro atoms. The van der Waals surface area contributed by atoms with Crippen LogP contribution < -0.4 is 0 Å². The molecular weight excluding hydrogens is 232 g/mol. The van der Waals surface area contributed by atoms with Crippen molar-refractivity contribution in [2.75, 3.05) is 13.2 Å². The van der Waals surface area contributed by atoms with Crippen molar-refractivity contribution in [3.8, 4) is 0 Å². The molecule has 1 aliphatic heterocycles. The molecular formula is C13H18N2O3. The van der Waals surface area contributed by atoms with Crippen molar-refractivity contribution in [3.63, 3.8) is 0 Å². The maximum absolute atomic E-state index is 12.4. The molecule has 3 rings (SSSR count). The monoisotopic (exact) mass is 250 g/mol. The number of fused-ring (bicyclic) bond motifs is 1. The molecule has 1 aromatic rings. The van der Waals surface area contributed by atoms with Gasteiger partial charge < -0.3 is 14.2 Å². The number of hydrogen-bond donors (Lipinski definition) is 0. The summed E-state index contributed by atoms with van der Waals surface area (Å²) in [7, 11) is 0. The summed E-state index contributed by atoms with van der Waals surface area (Å²) in [6, 6.07) is 1.92. The number of rotatable bonds is 1. The number of aromatic nitrogens is 1. The molecule has 2 heterocycles. The minimum Gasteiger partial charge on any atom is -0.374 e. The Balaban J connectivity index is 1.79. The van der Waals surface area contributed by atoms with Crippen molar-refractivity contribution in [1.82, 2.24) is 10.1 Å². The summed E-state index contributed by atoms with van der Waals surface area (Å²) in [6.45, 7) is 3.10. The first-order chi connectivity index (χ1) is 8.75. The largest absolute Gasteiger partial charge is 0.374 e. The van der Waals surface area contributed by atoms with Crippen LogP contribution in [0.2, 0.25) is 0 Å². The fraction of sp³-hybridized carbons (Fsp3) is 0.692. The fourth-order valence-corrected chi connectivity index (χ4v) is 2.95. The second-order valence-electron chi connectivity index (χ2n) is 5.09. The van der Waals surface area contributed by atoms with Gasteiger partial charge in [-0.15, -0.1) is 0 Å². The van der Waals surface area contributed by atoms with Gasteiger partial charge in [0.1, 0.15) is 0 Å². The molecule has 98 valence electrons. The van der Waals surface area contributed by atoms with E-state index in [-0.39, 0.29) is 18.1 Å². The van der Waals surface area contributed by atoms with Gasteiger partial charge in [0, 0.05) is 12.6 Å². The normalized spacial score (nSPS) is 27.9. The Hall–Kier alpha value is -1.36. The molecule has 0 aromatic carbocycles. The predicted molar refractivity (Wildman–Crippen MR) is 64.3 cm³/mol. The minimum absolute atomic E-state index is 0.0456. The van der Waals surface area contributed by atoms with Crippen molar-refractivity contribution in [3.05, 3.63) is 17.5 Å². The summed E-state index contributed by atoms with van der Waals surface area (Å²) in [5.74, 6) is 0.300. The molecule has 2 fully saturated rings. The molecule has 0 radical (unpaired) electrons. The molecule has 2 aliphatic rings. The maximum Gasteiger partial charge on any atom is 0.292 e. The van der Waals surface area contributed by atoms with E-state index in [9.17, 15) is 4.79 Å². The summed E-state index contributed by atoms with van der Waals surface area (Å²) < 4.78 is 10.8. The maximum atomic E-state index is 12.4. The van der Waals surface area contributed by atoms with Crippen LogP contribution >= 0.6 is 0 Å². The smallest absolute Gasteiger partial charge is 0.292 e. The molecule has 0 bridgehead atoms. The van der Waals surface area contributed by atoms with Crippen LogP contribution in [0.3, 0.4) is 0 Å². The van der Waals surface area contributed by atoms with Gasteiger partial charge in [-0.25, -0.2) is 0 Å². The van der Waals surface area contributed by atoms with E-state index in [2.05, 4.69) is 5.16 Å². The van der Waals surface area contributed by atoms with E-state index < -0.39 is 0 Å². The van der Waals surface area contributed by atoms with Crippen LogP contribution in [0.1, 0.15) is 41.9 Å². The Morgan fingerprint density at radius 2 is 2.28 bits per heavy atom. The first-order valence-corrected chi connectivity index (χ1v) is 6.61. The van der Waals surface area contributed by atoms with E-state index in [0.717, 1.165) is 18.5 Å². The van der Waals surface area contributed by atoms with Crippen LogP contribution in [0.5, 0.6) is 0 Å². The molecule has 18 heavy (non-hydrogen) atoms. The standard InChI is InChI=1S/C13H18N2O3/c1-9-8-12(18-14-9)13(16)15-6-7-17-11-5-3-2-4-10(11)15/h8,10-11H,2-7H2,1H3/t10-,11+/m1/s1. The van der Waals surface area contributed by atoms with Crippen molar-refractivity contribution in [2.45, 2.75) is 44.8 Å². The van der Waals surface area contributed by atoms with Gasteiger partial charge >= 0.3 is 0 Å². The lowest BCUT2D eigenvalue weighted by Gasteiger charge is -2.43. The summed E-state index contributed by atoms with van der Waals surface area (Å²) in [5, 5.41) is 3.78. The SMILES string of the molecule is Cc1cc(C(=O)N2CCO[C@H]3CCCC[C@H]32)on1. The zero-order chi connectivity index (χ0) is 12.5. The lowest BCUT2D eigenvalue weighted by atomic mass is 9.90. The van der Waals surface area contributed by atoms with Crippen molar-refractivity contribution in [2.24, 2.45) is 0 Å². The molecule has 1 saturated heterocycles. The Kier molecular flexibility index (Phi) is 3.07. The minimum atomic E-state index is -0.0456. The second kappa shape index (κ2) is 4.72. The van der Waals surface area contributed by atoms with Gasteiger partial charge in [0.25, 0.3) is 5.91 Å².